The van der Waals surface area contributed by atoms with Crippen LogP contribution in [0, 0.1) is 0 Å². The lowest BCUT2D eigenvalue weighted by atomic mass is 10.3. The highest BCUT2D eigenvalue weighted by atomic mass is 19.3. The van der Waals surface area contributed by atoms with Crippen LogP contribution in [-0.4, -0.2) is 41.5 Å². The highest BCUT2D eigenvalue weighted by Crippen LogP contribution is 2.26. The second-order valence-corrected chi connectivity index (χ2v) is 2.89. The molecule has 0 radical (unpaired) electrons. The maximum Gasteiger partial charge on any atom is 0.267 e. The van der Waals surface area contributed by atoms with Gasteiger partial charge in [-0.3, -0.25) is 4.79 Å². The van der Waals surface area contributed by atoms with Gasteiger partial charge in [0.15, 0.2) is 0 Å². The van der Waals surface area contributed by atoms with Crippen molar-refractivity contribution < 1.29 is 18.7 Å². The van der Waals surface area contributed by atoms with Crippen LogP contribution in [0.3, 0.4) is 0 Å². The third-order valence-corrected chi connectivity index (χ3v) is 1.85. The van der Waals surface area contributed by atoms with Crippen LogP contribution < -0.4 is 0 Å². The Labute approximate surface area is 69.0 Å². The first-order chi connectivity index (χ1) is 5.55. The third-order valence-electron chi connectivity index (χ3n) is 1.85. The van der Waals surface area contributed by atoms with E-state index in [0.717, 1.165) is 4.90 Å². The minimum Gasteiger partial charge on any atom is -0.396 e. The van der Waals surface area contributed by atoms with Gasteiger partial charge in [-0.1, -0.05) is 0 Å². The second kappa shape index (κ2) is 3.35. The van der Waals surface area contributed by atoms with Crippen LogP contribution in [0.5, 0.6) is 0 Å². The summed E-state index contributed by atoms with van der Waals surface area (Å²) in [6, 6.07) is 0. The number of carbonyl (C=O) groups excluding carboxylic acids is 1. The Kier molecular flexibility index (Phi) is 2.62. The maximum absolute atomic E-state index is 12.5. The summed E-state index contributed by atoms with van der Waals surface area (Å²) in [7, 11) is 0. The first kappa shape index (κ1) is 9.38. The first-order valence-corrected chi connectivity index (χ1v) is 3.82. The number of nitrogens with zero attached hydrogens (tertiary/aromatic N) is 1. The van der Waals surface area contributed by atoms with Crippen LogP contribution in [-0.2, 0) is 4.79 Å². The number of rotatable bonds is 2. The Morgan fingerprint density at radius 3 is 2.67 bits per heavy atom. The molecule has 0 spiro atoms. The minimum atomic E-state index is -2.73. The number of hydrogen-bond donors (Lipinski definition) is 1. The quantitative estimate of drug-likeness (QED) is 0.659. The molecule has 1 heterocycles. The molecule has 12 heavy (non-hydrogen) atoms. The molecule has 0 aromatic rings. The molecular formula is C7H11F2NO2. The third kappa shape index (κ3) is 2.14. The molecule has 1 saturated heterocycles. The van der Waals surface area contributed by atoms with Crippen molar-refractivity contribution in [1.82, 2.24) is 4.90 Å². The van der Waals surface area contributed by atoms with Gasteiger partial charge >= 0.3 is 0 Å². The molecule has 1 rings (SSSR count). The van der Waals surface area contributed by atoms with E-state index in [1.165, 1.54) is 0 Å². The summed E-state index contributed by atoms with van der Waals surface area (Å²) in [5.41, 5.74) is 0. The molecule has 1 fully saturated rings. The van der Waals surface area contributed by atoms with Gasteiger partial charge in [-0.2, -0.15) is 0 Å². The van der Waals surface area contributed by atoms with Crippen LogP contribution in [0.4, 0.5) is 8.78 Å². The van der Waals surface area contributed by atoms with Crippen LogP contribution >= 0.6 is 0 Å². The Balaban J connectivity index is 2.41. The fourth-order valence-electron chi connectivity index (χ4n) is 1.20. The number of aliphatic hydroxyl groups excluding tert-OH is 1. The molecule has 0 bridgehead atoms. The van der Waals surface area contributed by atoms with Gasteiger partial charge in [0.05, 0.1) is 13.2 Å². The number of likely N-dealkylation sites (tertiary alicyclic amines) is 1. The van der Waals surface area contributed by atoms with Gasteiger partial charge in [0, 0.05) is 19.4 Å². The Morgan fingerprint density at radius 1 is 1.58 bits per heavy atom. The molecule has 1 amide bonds. The molecule has 1 N–H and O–H groups in total. The van der Waals surface area contributed by atoms with Gasteiger partial charge in [-0.05, 0) is 0 Å². The predicted molar refractivity (Wildman–Crippen MR) is 37.8 cm³/mol. The summed E-state index contributed by atoms with van der Waals surface area (Å²) >= 11 is 0. The molecule has 3 nitrogen and oxygen atoms in total. The highest BCUT2D eigenvalue weighted by Gasteiger charge is 2.39. The summed E-state index contributed by atoms with van der Waals surface area (Å²) < 4.78 is 25.1. The van der Waals surface area contributed by atoms with Crippen LogP contribution in [0.15, 0.2) is 0 Å². The zero-order chi connectivity index (χ0) is 9.19. The lowest BCUT2D eigenvalue weighted by molar-refractivity contribution is -0.132. The van der Waals surface area contributed by atoms with Gasteiger partial charge in [0.1, 0.15) is 0 Å². The van der Waals surface area contributed by atoms with E-state index in [9.17, 15) is 13.6 Å². The largest absolute Gasteiger partial charge is 0.396 e. The zero-order valence-electron chi connectivity index (χ0n) is 6.59. The molecule has 0 aromatic carbocycles. The van der Waals surface area contributed by atoms with Crippen molar-refractivity contribution in [2.45, 2.75) is 18.8 Å². The standard InChI is InChI=1S/C7H11F2NO2/c8-7(9)2-3-10(5-7)6(12)1-4-11/h11H,1-5H2. The normalized spacial score (nSPS) is 21.4. The lowest BCUT2D eigenvalue weighted by Gasteiger charge is -2.14. The Hall–Kier alpha value is -0.710. The maximum atomic E-state index is 12.5. The number of halogens is 2. The summed E-state index contributed by atoms with van der Waals surface area (Å²) in [5, 5.41) is 8.39. The van der Waals surface area contributed by atoms with E-state index < -0.39 is 18.4 Å². The zero-order valence-corrected chi connectivity index (χ0v) is 6.59. The van der Waals surface area contributed by atoms with E-state index in [4.69, 9.17) is 5.11 Å². The summed E-state index contributed by atoms with van der Waals surface area (Å²) in [6.07, 6.45) is -0.319. The number of alkyl halides is 2. The molecule has 70 valence electrons. The fraction of sp³-hybridized carbons (Fsp3) is 0.857. The highest BCUT2D eigenvalue weighted by molar-refractivity contribution is 5.76. The van der Waals surface area contributed by atoms with Crippen molar-refractivity contribution in [2.75, 3.05) is 19.7 Å². The Bertz CT molecular complexity index is 184. The van der Waals surface area contributed by atoms with E-state index in [0.29, 0.717) is 0 Å². The lowest BCUT2D eigenvalue weighted by Crippen LogP contribution is -2.31. The topological polar surface area (TPSA) is 40.5 Å². The monoisotopic (exact) mass is 179 g/mol. The summed E-state index contributed by atoms with van der Waals surface area (Å²) in [4.78, 5) is 12.1. The number of hydrogen-bond acceptors (Lipinski definition) is 2. The Morgan fingerprint density at radius 2 is 2.25 bits per heavy atom. The molecule has 1 aliphatic heterocycles. The predicted octanol–water partition coefficient (Wildman–Crippen LogP) is 0.236. The minimum absolute atomic E-state index is 0.0594. The molecule has 0 aliphatic carbocycles. The van der Waals surface area contributed by atoms with Crippen molar-refractivity contribution in [3.63, 3.8) is 0 Å². The van der Waals surface area contributed by atoms with E-state index >= 15 is 0 Å². The average Bonchev–Trinajstić information content (AvgIpc) is 2.31. The fourth-order valence-corrected chi connectivity index (χ4v) is 1.20. The molecule has 1 aliphatic rings. The van der Waals surface area contributed by atoms with Gasteiger partial charge in [-0.25, -0.2) is 8.78 Å². The SMILES string of the molecule is O=C(CCO)N1CCC(F)(F)C1. The van der Waals surface area contributed by atoms with Crippen LogP contribution in [0.2, 0.25) is 0 Å². The van der Waals surface area contributed by atoms with Crippen molar-refractivity contribution >= 4 is 5.91 Å². The first-order valence-electron chi connectivity index (χ1n) is 3.82. The number of amides is 1. The molecule has 5 heteroatoms. The van der Waals surface area contributed by atoms with E-state index in [2.05, 4.69) is 0 Å². The smallest absolute Gasteiger partial charge is 0.267 e. The second-order valence-electron chi connectivity index (χ2n) is 2.89. The van der Waals surface area contributed by atoms with Crippen molar-refractivity contribution in [1.29, 1.82) is 0 Å². The molecule has 0 atom stereocenters. The van der Waals surface area contributed by atoms with Gasteiger partial charge in [0.2, 0.25) is 5.91 Å². The molecule has 0 unspecified atom stereocenters. The van der Waals surface area contributed by atoms with E-state index in [-0.39, 0.29) is 26.0 Å². The van der Waals surface area contributed by atoms with E-state index in [1.54, 1.807) is 0 Å². The van der Waals surface area contributed by atoms with Crippen LogP contribution in [0.1, 0.15) is 12.8 Å². The number of aliphatic hydroxyl groups is 1. The molecule has 0 saturated carbocycles. The van der Waals surface area contributed by atoms with Gasteiger partial charge < -0.3 is 10.0 Å². The van der Waals surface area contributed by atoms with Gasteiger partial charge in [0.25, 0.3) is 5.92 Å². The molecular weight excluding hydrogens is 168 g/mol. The molecule has 0 aromatic heterocycles. The van der Waals surface area contributed by atoms with Gasteiger partial charge in [-0.15, -0.1) is 0 Å². The van der Waals surface area contributed by atoms with Crippen molar-refractivity contribution in [3.8, 4) is 0 Å². The van der Waals surface area contributed by atoms with Crippen LogP contribution in [0.25, 0.3) is 0 Å². The number of carbonyl (C=O) groups is 1. The van der Waals surface area contributed by atoms with E-state index in [1.807, 2.05) is 0 Å². The van der Waals surface area contributed by atoms with Crippen molar-refractivity contribution in [2.24, 2.45) is 0 Å². The average molecular weight is 179 g/mol. The van der Waals surface area contributed by atoms with Crippen molar-refractivity contribution in [3.05, 3.63) is 0 Å². The summed E-state index contributed by atoms with van der Waals surface area (Å²) in [6.45, 7) is -0.668. The summed E-state index contributed by atoms with van der Waals surface area (Å²) in [5.74, 6) is -3.12.